The van der Waals surface area contributed by atoms with Crippen molar-refractivity contribution in [2.24, 2.45) is 0 Å². The lowest BCUT2D eigenvalue weighted by atomic mass is 9.79. The fourth-order valence-electron chi connectivity index (χ4n) is 1.98. The van der Waals surface area contributed by atoms with Crippen LogP contribution in [0.5, 0.6) is 0 Å². The third-order valence-electron chi connectivity index (χ3n) is 3.03. The largest absolute Gasteiger partial charge is 0.365 e. The highest BCUT2D eigenvalue weighted by atomic mass is 16.5. The lowest BCUT2D eigenvalue weighted by molar-refractivity contribution is -0.153. The van der Waals surface area contributed by atoms with Gasteiger partial charge in [-0.2, -0.15) is 0 Å². The molecular formula is C13H17NO2. The quantitative estimate of drug-likeness (QED) is 0.845. The Morgan fingerprint density at radius 1 is 1.38 bits per heavy atom. The van der Waals surface area contributed by atoms with Gasteiger partial charge in [0, 0.05) is 12.3 Å². The Morgan fingerprint density at radius 3 is 2.56 bits per heavy atom. The second-order valence-corrected chi connectivity index (χ2v) is 4.10. The average Bonchev–Trinajstić information content (AvgIpc) is 2.24. The third-order valence-corrected chi connectivity index (χ3v) is 3.03. The molecule has 1 fully saturated rings. The van der Waals surface area contributed by atoms with Crippen LogP contribution in [0.4, 0.5) is 5.69 Å². The molecular weight excluding hydrogens is 202 g/mol. The van der Waals surface area contributed by atoms with Gasteiger partial charge < -0.3 is 10.1 Å². The number of rotatable bonds is 4. The van der Waals surface area contributed by atoms with Crippen molar-refractivity contribution in [2.45, 2.75) is 31.8 Å². The van der Waals surface area contributed by atoms with E-state index in [2.05, 4.69) is 5.32 Å². The zero-order valence-corrected chi connectivity index (χ0v) is 9.53. The standard InChI is InChI=1S/C13H17NO2/c1-2-16-13(9-6-10-13)12(15)14-11-7-4-3-5-8-11/h3-5,7-8H,2,6,9-10H2,1H3,(H,14,15). The van der Waals surface area contributed by atoms with Crippen molar-refractivity contribution in [1.82, 2.24) is 0 Å². The molecule has 0 heterocycles. The van der Waals surface area contributed by atoms with Crippen LogP contribution in [0.25, 0.3) is 0 Å². The van der Waals surface area contributed by atoms with E-state index < -0.39 is 5.60 Å². The second kappa shape index (κ2) is 4.66. The van der Waals surface area contributed by atoms with Crippen LogP contribution in [-0.4, -0.2) is 18.1 Å². The summed E-state index contributed by atoms with van der Waals surface area (Å²) in [5.41, 5.74) is 0.267. The van der Waals surface area contributed by atoms with Gasteiger partial charge in [0.2, 0.25) is 0 Å². The van der Waals surface area contributed by atoms with Crippen LogP contribution in [0.2, 0.25) is 0 Å². The molecule has 3 nitrogen and oxygen atoms in total. The Balaban J connectivity index is 2.02. The molecule has 0 atom stereocenters. The molecule has 0 saturated heterocycles. The first-order valence-corrected chi connectivity index (χ1v) is 5.77. The Labute approximate surface area is 95.8 Å². The lowest BCUT2D eigenvalue weighted by Crippen LogP contribution is -2.50. The number of benzene rings is 1. The zero-order chi connectivity index (χ0) is 11.4. The lowest BCUT2D eigenvalue weighted by Gasteiger charge is -2.39. The molecule has 1 amide bonds. The molecule has 0 radical (unpaired) electrons. The summed E-state index contributed by atoms with van der Waals surface area (Å²) in [7, 11) is 0. The van der Waals surface area contributed by atoms with Gasteiger partial charge in [-0.25, -0.2) is 0 Å². The van der Waals surface area contributed by atoms with Gasteiger partial charge in [-0.1, -0.05) is 18.2 Å². The topological polar surface area (TPSA) is 38.3 Å². The first-order valence-electron chi connectivity index (χ1n) is 5.77. The minimum absolute atomic E-state index is 0.00759. The minimum atomic E-state index is -0.565. The van der Waals surface area contributed by atoms with Crippen molar-refractivity contribution < 1.29 is 9.53 Å². The van der Waals surface area contributed by atoms with Gasteiger partial charge in [-0.15, -0.1) is 0 Å². The van der Waals surface area contributed by atoms with Gasteiger partial charge in [0.25, 0.3) is 5.91 Å². The Morgan fingerprint density at radius 2 is 2.06 bits per heavy atom. The van der Waals surface area contributed by atoms with Crippen LogP contribution in [0, 0.1) is 0 Å². The summed E-state index contributed by atoms with van der Waals surface area (Å²) in [6, 6.07) is 9.51. The van der Waals surface area contributed by atoms with Gasteiger partial charge in [-0.05, 0) is 38.3 Å². The molecule has 0 spiro atoms. The number of hydrogen-bond acceptors (Lipinski definition) is 2. The van der Waals surface area contributed by atoms with E-state index in [1.807, 2.05) is 37.3 Å². The molecule has 0 aliphatic heterocycles. The number of carbonyl (C=O) groups is 1. The molecule has 16 heavy (non-hydrogen) atoms. The predicted octanol–water partition coefficient (Wildman–Crippen LogP) is 2.58. The maximum Gasteiger partial charge on any atom is 0.256 e. The molecule has 86 valence electrons. The van der Waals surface area contributed by atoms with Crippen LogP contribution in [-0.2, 0) is 9.53 Å². The van der Waals surface area contributed by atoms with Crippen LogP contribution in [0.15, 0.2) is 30.3 Å². The first-order chi connectivity index (χ1) is 7.77. The smallest absolute Gasteiger partial charge is 0.256 e. The Bertz CT molecular complexity index is 357. The summed E-state index contributed by atoms with van der Waals surface area (Å²) in [5, 5.41) is 2.91. The van der Waals surface area contributed by atoms with Crippen LogP contribution >= 0.6 is 0 Å². The van der Waals surface area contributed by atoms with E-state index >= 15 is 0 Å². The van der Waals surface area contributed by atoms with E-state index in [4.69, 9.17) is 4.74 Å². The van der Waals surface area contributed by atoms with Crippen molar-refractivity contribution in [2.75, 3.05) is 11.9 Å². The van der Waals surface area contributed by atoms with Gasteiger partial charge >= 0.3 is 0 Å². The van der Waals surface area contributed by atoms with Gasteiger partial charge in [0.15, 0.2) is 0 Å². The summed E-state index contributed by atoms with van der Waals surface area (Å²) < 4.78 is 5.59. The molecule has 2 rings (SSSR count). The van der Waals surface area contributed by atoms with E-state index in [0.717, 1.165) is 24.9 Å². The number of ether oxygens (including phenoxy) is 1. The highest BCUT2D eigenvalue weighted by Gasteiger charge is 2.45. The van der Waals surface area contributed by atoms with Crippen molar-refractivity contribution in [3.8, 4) is 0 Å². The summed E-state index contributed by atoms with van der Waals surface area (Å²) in [6.45, 7) is 2.51. The SMILES string of the molecule is CCOC1(C(=O)Nc2ccccc2)CCC1. The molecule has 1 aliphatic carbocycles. The second-order valence-electron chi connectivity index (χ2n) is 4.10. The molecule has 0 aromatic heterocycles. The number of carbonyl (C=O) groups excluding carboxylic acids is 1. The van der Waals surface area contributed by atoms with Gasteiger partial charge in [0.05, 0.1) is 0 Å². The molecule has 1 saturated carbocycles. The monoisotopic (exact) mass is 219 g/mol. The van der Waals surface area contributed by atoms with Crippen molar-refractivity contribution >= 4 is 11.6 Å². The number of nitrogens with one attached hydrogen (secondary N) is 1. The summed E-state index contributed by atoms with van der Waals surface area (Å²) in [4.78, 5) is 12.1. The highest BCUT2D eigenvalue weighted by Crippen LogP contribution is 2.36. The molecule has 1 N–H and O–H groups in total. The Kier molecular flexibility index (Phi) is 3.25. The first kappa shape index (κ1) is 11.1. The van der Waals surface area contributed by atoms with E-state index in [9.17, 15) is 4.79 Å². The molecule has 1 aliphatic rings. The van der Waals surface area contributed by atoms with Crippen molar-refractivity contribution in [3.63, 3.8) is 0 Å². The number of hydrogen-bond donors (Lipinski definition) is 1. The highest BCUT2D eigenvalue weighted by molar-refractivity contribution is 5.97. The minimum Gasteiger partial charge on any atom is -0.365 e. The maximum absolute atomic E-state index is 12.1. The van der Waals surface area contributed by atoms with Gasteiger partial charge in [-0.3, -0.25) is 4.79 Å². The normalized spacial score (nSPS) is 17.6. The summed E-state index contributed by atoms with van der Waals surface area (Å²) >= 11 is 0. The average molecular weight is 219 g/mol. The molecule has 0 bridgehead atoms. The van der Waals surface area contributed by atoms with Crippen molar-refractivity contribution in [3.05, 3.63) is 30.3 Å². The molecule has 1 aromatic rings. The van der Waals surface area contributed by atoms with Crippen LogP contribution in [0.3, 0.4) is 0 Å². The number of para-hydroxylation sites is 1. The zero-order valence-electron chi connectivity index (χ0n) is 9.53. The molecule has 0 unspecified atom stereocenters. The molecule has 1 aromatic carbocycles. The number of anilines is 1. The predicted molar refractivity (Wildman–Crippen MR) is 63.3 cm³/mol. The van der Waals surface area contributed by atoms with E-state index in [0.29, 0.717) is 6.61 Å². The van der Waals surface area contributed by atoms with E-state index in [1.54, 1.807) is 0 Å². The van der Waals surface area contributed by atoms with Crippen molar-refractivity contribution in [1.29, 1.82) is 0 Å². The molecule has 3 heteroatoms. The fourth-order valence-corrected chi connectivity index (χ4v) is 1.98. The van der Waals surface area contributed by atoms with Crippen LogP contribution < -0.4 is 5.32 Å². The maximum atomic E-state index is 12.1. The Hall–Kier alpha value is -1.35. The van der Waals surface area contributed by atoms with E-state index in [-0.39, 0.29) is 5.91 Å². The summed E-state index contributed by atoms with van der Waals surface area (Å²) in [6.07, 6.45) is 2.74. The van der Waals surface area contributed by atoms with Crippen LogP contribution in [0.1, 0.15) is 26.2 Å². The van der Waals surface area contributed by atoms with Gasteiger partial charge in [0.1, 0.15) is 5.60 Å². The number of amides is 1. The fraction of sp³-hybridized carbons (Fsp3) is 0.462. The summed E-state index contributed by atoms with van der Waals surface area (Å²) in [5.74, 6) is -0.00759. The van der Waals surface area contributed by atoms with E-state index in [1.165, 1.54) is 0 Å². The third kappa shape index (κ3) is 2.09.